The number of halogens is 6. The molecule has 0 atom stereocenters. The van der Waals surface area contributed by atoms with Gasteiger partial charge in [-0.15, -0.1) is 0 Å². The monoisotopic (exact) mass is 304 g/mol. The summed E-state index contributed by atoms with van der Waals surface area (Å²) in [7, 11) is 0. The van der Waals surface area contributed by atoms with Crippen LogP contribution in [0.15, 0.2) is 36.4 Å². The topological polar surface area (TPSA) is 17.1 Å². The number of benzene rings is 2. The smallest absolute Gasteiger partial charge is 0.288 e. The molecule has 21 heavy (non-hydrogen) atoms. The molecule has 0 aliphatic heterocycles. The summed E-state index contributed by atoms with van der Waals surface area (Å²) in [5, 5.41) is 0. The Bertz CT molecular complexity index is 685. The number of hydrogen-bond donors (Lipinski definition) is 0. The molecule has 0 N–H and O–H groups in total. The van der Waals surface area contributed by atoms with Crippen LogP contribution in [0.5, 0.6) is 0 Å². The first-order chi connectivity index (χ1) is 9.73. The van der Waals surface area contributed by atoms with Crippen LogP contribution in [-0.2, 0) is 6.18 Å². The van der Waals surface area contributed by atoms with Crippen LogP contribution >= 0.6 is 0 Å². The summed E-state index contributed by atoms with van der Waals surface area (Å²) in [4.78, 5) is 11.9. The van der Waals surface area contributed by atoms with Crippen molar-refractivity contribution in [2.45, 2.75) is 6.18 Å². The normalized spacial score (nSPS) is 11.5. The Morgan fingerprint density at radius 2 is 1.38 bits per heavy atom. The van der Waals surface area contributed by atoms with Crippen LogP contribution in [0.3, 0.4) is 0 Å². The lowest BCUT2D eigenvalue weighted by molar-refractivity contribution is -0.140. The van der Waals surface area contributed by atoms with Crippen LogP contribution in [0.25, 0.3) is 0 Å². The highest BCUT2D eigenvalue weighted by Gasteiger charge is 2.36. The third kappa shape index (κ3) is 2.76. The second kappa shape index (κ2) is 5.23. The fourth-order valence-corrected chi connectivity index (χ4v) is 1.78. The summed E-state index contributed by atoms with van der Waals surface area (Å²) in [6, 6.07) is 4.44. The van der Waals surface area contributed by atoms with E-state index in [0.29, 0.717) is 6.07 Å². The number of carbonyl (C=O) groups excluding carboxylic acids is 1. The molecule has 7 heteroatoms. The van der Waals surface area contributed by atoms with E-state index in [1.54, 1.807) is 0 Å². The van der Waals surface area contributed by atoms with Crippen molar-refractivity contribution < 1.29 is 31.1 Å². The molecule has 0 spiro atoms. The third-order valence-corrected chi connectivity index (χ3v) is 2.74. The number of hydrogen-bond acceptors (Lipinski definition) is 1. The van der Waals surface area contributed by atoms with E-state index in [9.17, 15) is 31.1 Å². The van der Waals surface area contributed by atoms with Crippen molar-refractivity contribution in [2.75, 3.05) is 0 Å². The first-order valence-electron chi connectivity index (χ1n) is 5.58. The molecule has 1 nitrogen and oxygen atoms in total. The molecule has 0 saturated heterocycles. The van der Waals surface area contributed by atoms with Gasteiger partial charge in [0, 0.05) is 0 Å². The quantitative estimate of drug-likeness (QED) is 0.595. The predicted molar refractivity (Wildman–Crippen MR) is 61.2 cm³/mol. The average Bonchev–Trinajstić information content (AvgIpc) is 2.37. The highest BCUT2D eigenvalue weighted by atomic mass is 19.4. The van der Waals surface area contributed by atoms with Gasteiger partial charge in [-0.3, -0.25) is 4.79 Å². The Labute approximate surface area is 114 Å². The molecule has 0 fully saturated rings. The van der Waals surface area contributed by atoms with E-state index in [2.05, 4.69) is 0 Å². The second-order valence-electron chi connectivity index (χ2n) is 4.09. The molecule has 0 aliphatic rings. The lowest BCUT2D eigenvalue weighted by Crippen LogP contribution is -2.14. The van der Waals surface area contributed by atoms with Crippen molar-refractivity contribution in [3.63, 3.8) is 0 Å². The van der Waals surface area contributed by atoms with Crippen LogP contribution in [0.4, 0.5) is 26.3 Å². The lowest BCUT2D eigenvalue weighted by atomic mass is 9.99. The van der Waals surface area contributed by atoms with Crippen molar-refractivity contribution in [3.05, 3.63) is 70.5 Å². The summed E-state index contributed by atoms with van der Waals surface area (Å²) in [5.74, 6) is -5.92. The zero-order chi connectivity index (χ0) is 15.8. The predicted octanol–water partition coefficient (Wildman–Crippen LogP) is 4.35. The highest BCUT2D eigenvalue weighted by molar-refractivity contribution is 6.09. The number of carbonyl (C=O) groups is 1. The summed E-state index contributed by atoms with van der Waals surface area (Å²) in [6.45, 7) is 0. The van der Waals surface area contributed by atoms with Crippen molar-refractivity contribution >= 4 is 5.78 Å². The van der Waals surface area contributed by atoms with E-state index in [-0.39, 0.29) is 0 Å². The maximum Gasteiger partial charge on any atom is 0.419 e. The Morgan fingerprint density at radius 1 is 0.857 bits per heavy atom. The van der Waals surface area contributed by atoms with Gasteiger partial charge in [0.25, 0.3) is 0 Å². The number of rotatable bonds is 2. The maximum atomic E-state index is 13.8. The number of ketones is 1. The van der Waals surface area contributed by atoms with Gasteiger partial charge in [-0.05, 0) is 24.3 Å². The Morgan fingerprint density at radius 3 is 1.90 bits per heavy atom. The minimum absolute atomic E-state index is 0.434. The van der Waals surface area contributed by atoms with E-state index in [4.69, 9.17) is 0 Å². The van der Waals surface area contributed by atoms with E-state index in [0.717, 1.165) is 30.3 Å². The SMILES string of the molecule is O=C(c1cccc(C(F)(F)F)c1F)c1c(F)cccc1F. The van der Waals surface area contributed by atoms with Gasteiger partial charge in [-0.1, -0.05) is 12.1 Å². The number of alkyl halides is 3. The zero-order valence-electron chi connectivity index (χ0n) is 10.1. The zero-order valence-corrected chi connectivity index (χ0v) is 10.1. The molecule has 0 aliphatic carbocycles. The van der Waals surface area contributed by atoms with Gasteiger partial charge in [0.1, 0.15) is 17.5 Å². The first kappa shape index (κ1) is 15.1. The largest absolute Gasteiger partial charge is 0.419 e. The van der Waals surface area contributed by atoms with Crippen molar-refractivity contribution in [2.24, 2.45) is 0 Å². The van der Waals surface area contributed by atoms with Crippen LogP contribution in [0, 0.1) is 17.5 Å². The molecule has 0 radical (unpaired) electrons. The fraction of sp³-hybridized carbons (Fsp3) is 0.0714. The van der Waals surface area contributed by atoms with Gasteiger partial charge >= 0.3 is 6.18 Å². The Kier molecular flexibility index (Phi) is 3.76. The molecule has 0 unspecified atom stereocenters. The lowest BCUT2D eigenvalue weighted by Gasteiger charge is -2.11. The van der Waals surface area contributed by atoms with Crippen LogP contribution in [0.1, 0.15) is 21.5 Å². The van der Waals surface area contributed by atoms with Gasteiger partial charge in [-0.25, -0.2) is 13.2 Å². The van der Waals surface area contributed by atoms with Crippen LogP contribution < -0.4 is 0 Å². The standard InChI is InChI=1S/C14H6F6O/c15-9-5-2-6-10(16)11(9)13(21)7-3-1-4-8(12(7)17)14(18,19)20/h1-6H. The van der Waals surface area contributed by atoms with E-state index in [1.165, 1.54) is 0 Å². The van der Waals surface area contributed by atoms with E-state index in [1.807, 2.05) is 0 Å². The third-order valence-electron chi connectivity index (χ3n) is 2.74. The molecular formula is C14H6F6O. The van der Waals surface area contributed by atoms with Gasteiger partial charge in [0.2, 0.25) is 5.78 Å². The van der Waals surface area contributed by atoms with Gasteiger partial charge in [-0.2, -0.15) is 13.2 Å². The average molecular weight is 304 g/mol. The summed E-state index contributed by atoms with van der Waals surface area (Å²) < 4.78 is 78.3. The molecule has 0 saturated carbocycles. The van der Waals surface area contributed by atoms with E-state index >= 15 is 0 Å². The minimum Gasteiger partial charge on any atom is -0.288 e. The molecule has 2 aromatic rings. The molecule has 110 valence electrons. The molecule has 0 amide bonds. The molecule has 2 aromatic carbocycles. The van der Waals surface area contributed by atoms with Crippen molar-refractivity contribution in [1.29, 1.82) is 0 Å². The summed E-state index contributed by atoms with van der Waals surface area (Å²) in [6.07, 6.45) is -5.02. The Hall–Kier alpha value is -2.31. The van der Waals surface area contributed by atoms with Gasteiger partial charge in [0.05, 0.1) is 16.7 Å². The second-order valence-corrected chi connectivity index (χ2v) is 4.09. The van der Waals surface area contributed by atoms with Crippen LogP contribution in [0.2, 0.25) is 0 Å². The Balaban J connectivity index is 2.61. The molecular weight excluding hydrogens is 298 g/mol. The maximum absolute atomic E-state index is 13.8. The summed E-state index contributed by atoms with van der Waals surface area (Å²) in [5.41, 5.74) is -3.82. The summed E-state index contributed by atoms with van der Waals surface area (Å²) >= 11 is 0. The molecule has 0 heterocycles. The molecule has 0 bridgehead atoms. The van der Waals surface area contributed by atoms with Crippen LogP contribution in [-0.4, -0.2) is 5.78 Å². The van der Waals surface area contributed by atoms with E-state index < -0.39 is 46.1 Å². The molecule has 0 aromatic heterocycles. The minimum atomic E-state index is -5.02. The van der Waals surface area contributed by atoms with Gasteiger partial charge in [0.15, 0.2) is 0 Å². The first-order valence-corrected chi connectivity index (χ1v) is 5.58. The fourth-order valence-electron chi connectivity index (χ4n) is 1.78. The van der Waals surface area contributed by atoms with Crippen molar-refractivity contribution in [3.8, 4) is 0 Å². The van der Waals surface area contributed by atoms with Crippen molar-refractivity contribution in [1.82, 2.24) is 0 Å². The molecule has 2 rings (SSSR count). The van der Waals surface area contributed by atoms with Gasteiger partial charge < -0.3 is 0 Å². The highest BCUT2D eigenvalue weighted by Crippen LogP contribution is 2.33.